The van der Waals surface area contributed by atoms with Gasteiger partial charge < -0.3 is 15.7 Å². The van der Waals surface area contributed by atoms with Gasteiger partial charge in [-0.05, 0) is 32.0 Å². The molecule has 0 atom stereocenters. The van der Waals surface area contributed by atoms with Crippen LogP contribution in [-0.4, -0.2) is 23.1 Å². The molecule has 2 amide bonds. The Morgan fingerprint density at radius 2 is 1.80 bits per heavy atom. The van der Waals surface area contributed by atoms with E-state index in [1.807, 2.05) is 0 Å². The van der Waals surface area contributed by atoms with E-state index in [-0.39, 0.29) is 11.7 Å². The SMILES string of the molecule is CC(C)NC(=O)Nc1cc(C(=O)O)cc(C(F)(F)F)c1. The lowest BCUT2D eigenvalue weighted by atomic mass is 10.1. The number of halogens is 3. The molecule has 0 aliphatic carbocycles. The van der Waals surface area contributed by atoms with Gasteiger partial charge in [0.25, 0.3) is 0 Å². The summed E-state index contributed by atoms with van der Waals surface area (Å²) in [6.07, 6.45) is -4.70. The van der Waals surface area contributed by atoms with Crippen molar-refractivity contribution in [3.63, 3.8) is 0 Å². The van der Waals surface area contributed by atoms with Gasteiger partial charge in [-0.3, -0.25) is 0 Å². The van der Waals surface area contributed by atoms with Gasteiger partial charge in [-0.2, -0.15) is 13.2 Å². The fraction of sp³-hybridized carbons (Fsp3) is 0.333. The van der Waals surface area contributed by atoms with Gasteiger partial charge in [0.15, 0.2) is 0 Å². The Hall–Kier alpha value is -2.25. The van der Waals surface area contributed by atoms with Gasteiger partial charge >= 0.3 is 18.2 Å². The zero-order valence-corrected chi connectivity index (χ0v) is 10.7. The molecule has 3 N–H and O–H groups in total. The van der Waals surface area contributed by atoms with Crippen molar-refractivity contribution in [2.75, 3.05) is 5.32 Å². The largest absolute Gasteiger partial charge is 0.478 e. The molecule has 8 heteroatoms. The summed E-state index contributed by atoms with van der Waals surface area (Å²) in [6, 6.07) is 1.22. The monoisotopic (exact) mass is 290 g/mol. The van der Waals surface area contributed by atoms with Crippen LogP contribution in [0.25, 0.3) is 0 Å². The number of urea groups is 1. The van der Waals surface area contributed by atoms with E-state index in [0.29, 0.717) is 12.1 Å². The van der Waals surface area contributed by atoms with Gasteiger partial charge in [0, 0.05) is 11.7 Å². The molecule has 0 fully saturated rings. The van der Waals surface area contributed by atoms with E-state index in [0.717, 1.165) is 6.07 Å². The standard InChI is InChI=1S/C12H13F3N2O3/c1-6(2)16-11(20)17-9-4-7(10(18)19)3-8(5-9)12(13,14)15/h3-6H,1-2H3,(H,18,19)(H2,16,17,20). The van der Waals surface area contributed by atoms with E-state index < -0.39 is 29.3 Å². The topological polar surface area (TPSA) is 78.4 Å². The Bertz CT molecular complexity index is 527. The number of aromatic carboxylic acids is 1. The van der Waals surface area contributed by atoms with Crippen LogP contribution in [0.3, 0.4) is 0 Å². The van der Waals surface area contributed by atoms with E-state index in [1.165, 1.54) is 0 Å². The van der Waals surface area contributed by atoms with Crippen molar-refractivity contribution in [1.29, 1.82) is 0 Å². The van der Waals surface area contributed by atoms with Gasteiger partial charge in [0.1, 0.15) is 0 Å². The number of amides is 2. The molecule has 1 aromatic carbocycles. The number of rotatable bonds is 3. The van der Waals surface area contributed by atoms with Gasteiger partial charge in [-0.15, -0.1) is 0 Å². The van der Waals surface area contributed by atoms with Crippen molar-refractivity contribution >= 4 is 17.7 Å². The summed E-state index contributed by atoms with van der Waals surface area (Å²) in [5.41, 5.74) is -1.94. The van der Waals surface area contributed by atoms with Gasteiger partial charge in [0.05, 0.1) is 11.1 Å². The molecule has 0 saturated heterocycles. The van der Waals surface area contributed by atoms with Crippen molar-refractivity contribution in [3.05, 3.63) is 29.3 Å². The first kappa shape index (κ1) is 15.8. The molecule has 0 aliphatic heterocycles. The third-order valence-corrected chi connectivity index (χ3v) is 2.18. The lowest BCUT2D eigenvalue weighted by molar-refractivity contribution is -0.137. The molecule has 0 heterocycles. The Morgan fingerprint density at radius 1 is 1.20 bits per heavy atom. The number of carboxylic acid groups (broad SMARTS) is 1. The zero-order valence-electron chi connectivity index (χ0n) is 10.7. The summed E-state index contributed by atoms with van der Waals surface area (Å²) in [6.45, 7) is 3.35. The normalized spacial score (nSPS) is 11.3. The number of alkyl halides is 3. The molecule has 0 bridgehead atoms. The molecule has 0 aromatic heterocycles. The van der Waals surface area contributed by atoms with Crippen molar-refractivity contribution < 1.29 is 27.9 Å². The Balaban J connectivity index is 3.10. The van der Waals surface area contributed by atoms with E-state index in [1.54, 1.807) is 13.8 Å². The van der Waals surface area contributed by atoms with Crippen LogP contribution in [0.1, 0.15) is 29.8 Å². The highest BCUT2D eigenvalue weighted by atomic mass is 19.4. The minimum Gasteiger partial charge on any atom is -0.478 e. The minimum absolute atomic E-state index is 0.209. The Morgan fingerprint density at radius 3 is 2.25 bits per heavy atom. The molecular formula is C12H13F3N2O3. The molecule has 0 saturated carbocycles. The van der Waals surface area contributed by atoms with E-state index in [2.05, 4.69) is 10.6 Å². The third-order valence-electron chi connectivity index (χ3n) is 2.18. The highest BCUT2D eigenvalue weighted by Gasteiger charge is 2.32. The number of carbonyl (C=O) groups is 2. The quantitative estimate of drug-likeness (QED) is 0.800. The fourth-order valence-electron chi connectivity index (χ4n) is 1.42. The molecule has 110 valence electrons. The van der Waals surface area contributed by atoms with Crippen molar-refractivity contribution in [2.24, 2.45) is 0 Å². The maximum absolute atomic E-state index is 12.6. The van der Waals surface area contributed by atoms with Crippen molar-refractivity contribution in [1.82, 2.24) is 5.32 Å². The molecule has 5 nitrogen and oxygen atoms in total. The maximum Gasteiger partial charge on any atom is 0.416 e. The first-order valence-corrected chi connectivity index (χ1v) is 5.62. The Labute approximate surface area is 112 Å². The number of anilines is 1. The van der Waals surface area contributed by atoms with Crippen LogP contribution in [-0.2, 0) is 6.18 Å². The lowest BCUT2D eigenvalue weighted by Crippen LogP contribution is -2.34. The van der Waals surface area contributed by atoms with Crippen LogP contribution in [0.5, 0.6) is 0 Å². The summed E-state index contributed by atoms with van der Waals surface area (Å²) < 4.78 is 37.9. The smallest absolute Gasteiger partial charge is 0.416 e. The van der Waals surface area contributed by atoms with Gasteiger partial charge in [-0.1, -0.05) is 0 Å². The van der Waals surface area contributed by atoms with Crippen LogP contribution < -0.4 is 10.6 Å². The maximum atomic E-state index is 12.6. The average Bonchev–Trinajstić information content (AvgIpc) is 2.25. The summed E-state index contributed by atoms with van der Waals surface area (Å²) >= 11 is 0. The van der Waals surface area contributed by atoms with Crippen LogP contribution in [0.2, 0.25) is 0 Å². The number of carboxylic acids is 1. The van der Waals surface area contributed by atoms with E-state index >= 15 is 0 Å². The van der Waals surface area contributed by atoms with E-state index in [9.17, 15) is 22.8 Å². The average molecular weight is 290 g/mol. The number of nitrogens with one attached hydrogen (secondary N) is 2. The van der Waals surface area contributed by atoms with Crippen molar-refractivity contribution in [3.8, 4) is 0 Å². The molecule has 1 aromatic rings. The molecule has 0 spiro atoms. The number of benzene rings is 1. The summed E-state index contributed by atoms with van der Waals surface area (Å²) in [5, 5.41) is 13.4. The number of carbonyl (C=O) groups excluding carboxylic acids is 1. The molecule has 20 heavy (non-hydrogen) atoms. The fourth-order valence-corrected chi connectivity index (χ4v) is 1.42. The van der Waals surface area contributed by atoms with Gasteiger partial charge in [0.2, 0.25) is 0 Å². The van der Waals surface area contributed by atoms with Crippen LogP contribution in [0, 0.1) is 0 Å². The Kier molecular flexibility index (Phi) is 4.59. The summed E-state index contributed by atoms with van der Waals surface area (Å²) in [7, 11) is 0. The molecular weight excluding hydrogens is 277 g/mol. The van der Waals surface area contributed by atoms with E-state index in [4.69, 9.17) is 5.11 Å². The number of hydrogen-bond donors (Lipinski definition) is 3. The molecule has 1 rings (SSSR count). The predicted molar refractivity (Wildman–Crippen MR) is 65.7 cm³/mol. The summed E-state index contributed by atoms with van der Waals surface area (Å²) in [4.78, 5) is 22.2. The second kappa shape index (κ2) is 5.81. The predicted octanol–water partition coefficient (Wildman–Crippen LogP) is 2.93. The molecule has 0 unspecified atom stereocenters. The molecule has 0 aliphatic rings. The second-order valence-corrected chi connectivity index (χ2v) is 4.36. The van der Waals surface area contributed by atoms with Crippen LogP contribution in [0.4, 0.5) is 23.7 Å². The van der Waals surface area contributed by atoms with Crippen molar-refractivity contribution in [2.45, 2.75) is 26.1 Å². The lowest BCUT2D eigenvalue weighted by Gasteiger charge is -2.13. The minimum atomic E-state index is -4.70. The highest BCUT2D eigenvalue weighted by Crippen LogP contribution is 2.32. The number of hydrogen-bond acceptors (Lipinski definition) is 2. The molecule has 0 radical (unpaired) electrons. The van der Waals surface area contributed by atoms with Crippen LogP contribution in [0.15, 0.2) is 18.2 Å². The third kappa shape index (κ3) is 4.45. The van der Waals surface area contributed by atoms with Gasteiger partial charge in [-0.25, -0.2) is 9.59 Å². The summed E-state index contributed by atoms with van der Waals surface area (Å²) in [5.74, 6) is -1.51. The zero-order chi connectivity index (χ0) is 15.5. The first-order valence-electron chi connectivity index (χ1n) is 5.62. The van der Waals surface area contributed by atoms with Crippen LogP contribution >= 0.6 is 0 Å². The first-order chi connectivity index (χ1) is 9.09. The second-order valence-electron chi connectivity index (χ2n) is 4.36. The highest BCUT2D eigenvalue weighted by molar-refractivity contribution is 5.93.